The van der Waals surface area contributed by atoms with E-state index in [4.69, 9.17) is 4.74 Å². The van der Waals surface area contributed by atoms with Gasteiger partial charge in [-0.3, -0.25) is 9.88 Å². The van der Waals surface area contributed by atoms with Gasteiger partial charge in [0.05, 0.1) is 5.60 Å². The summed E-state index contributed by atoms with van der Waals surface area (Å²) in [6, 6.07) is 11.3. The summed E-state index contributed by atoms with van der Waals surface area (Å²) in [4.78, 5) is 7.28. The van der Waals surface area contributed by atoms with Gasteiger partial charge < -0.3 is 4.74 Å². The van der Waals surface area contributed by atoms with Gasteiger partial charge in [-0.1, -0.05) is 24.3 Å². The maximum Gasteiger partial charge on any atom is 0.0629 e. The molecule has 0 spiro atoms. The maximum absolute atomic E-state index is 5.89. The van der Waals surface area contributed by atoms with E-state index in [9.17, 15) is 0 Å². The van der Waals surface area contributed by atoms with Crippen molar-refractivity contribution in [2.45, 2.75) is 59.1 Å². The molecule has 2 aliphatic heterocycles. The second kappa shape index (κ2) is 7.37. The van der Waals surface area contributed by atoms with E-state index in [0.717, 1.165) is 36.9 Å². The fraction of sp³-hybridized carbons (Fsp3) is 0.542. The van der Waals surface area contributed by atoms with E-state index in [2.05, 4.69) is 67.9 Å². The number of ether oxygens (including phenoxy) is 1. The van der Waals surface area contributed by atoms with E-state index >= 15 is 0 Å². The molecule has 1 aromatic carbocycles. The Bertz CT molecular complexity index is 827. The second-order valence-corrected chi connectivity index (χ2v) is 9.02. The number of aromatic nitrogens is 1. The molecule has 1 atom stereocenters. The van der Waals surface area contributed by atoms with Gasteiger partial charge in [0.25, 0.3) is 0 Å². The lowest BCUT2D eigenvalue weighted by molar-refractivity contribution is -0.0772. The summed E-state index contributed by atoms with van der Waals surface area (Å²) < 4.78 is 5.89. The highest BCUT2D eigenvalue weighted by molar-refractivity contribution is 5.67. The minimum Gasteiger partial charge on any atom is -0.376 e. The summed E-state index contributed by atoms with van der Waals surface area (Å²) in [6.07, 6.45) is 3.52. The van der Waals surface area contributed by atoms with Gasteiger partial charge in [0, 0.05) is 43.2 Å². The third-order valence-electron chi connectivity index (χ3n) is 6.15. The highest BCUT2D eigenvalue weighted by atomic mass is 16.5. The summed E-state index contributed by atoms with van der Waals surface area (Å²) in [5.41, 5.74) is 7.82. The van der Waals surface area contributed by atoms with Gasteiger partial charge in [-0.2, -0.15) is 0 Å². The van der Waals surface area contributed by atoms with Crippen LogP contribution in [0, 0.1) is 19.8 Å². The van der Waals surface area contributed by atoms with E-state index in [1.165, 1.54) is 48.2 Å². The number of pyridine rings is 1. The van der Waals surface area contributed by atoms with E-state index in [1.807, 2.05) is 0 Å². The molecule has 1 fully saturated rings. The molecule has 0 bridgehead atoms. The summed E-state index contributed by atoms with van der Waals surface area (Å²) in [5, 5.41) is 0. The number of benzene rings is 1. The molecule has 3 nitrogen and oxygen atoms in total. The van der Waals surface area contributed by atoms with Crippen molar-refractivity contribution in [1.82, 2.24) is 9.88 Å². The zero-order valence-corrected chi connectivity index (χ0v) is 17.2. The van der Waals surface area contributed by atoms with Crippen molar-refractivity contribution in [2.75, 3.05) is 19.7 Å². The quantitative estimate of drug-likeness (QED) is 0.772. The monoisotopic (exact) mass is 364 g/mol. The molecule has 0 N–H and O–H groups in total. The Morgan fingerprint density at radius 2 is 2.00 bits per heavy atom. The molecule has 3 heteroatoms. The third-order valence-corrected chi connectivity index (χ3v) is 6.15. The van der Waals surface area contributed by atoms with E-state index < -0.39 is 0 Å². The van der Waals surface area contributed by atoms with Crippen LogP contribution in [0.5, 0.6) is 0 Å². The summed E-state index contributed by atoms with van der Waals surface area (Å²) in [5.74, 6) is 0.760. The van der Waals surface area contributed by atoms with Gasteiger partial charge in [-0.15, -0.1) is 0 Å². The van der Waals surface area contributed by atoms with Crippen molar-refractivity contribution in [3.63, 3.8) is 0 Å². The molecule has 1 unspecified atom stereocenters. The van der Waals surface area contributed by atoms with Crippen molar-refractivity contribution in [3.8, 4) is 11.1 Å². The Morgan fingerprint density at radius 3 is 2.78 bits per heavy atom. The van der Waals surface area contributed by atoms with Gasteiger partial charge in [0.2, 0.25) is 0 Å². The summed E-state index contributed by atoms with van der Waals surface area (Å²) in [7, 11) is 0. The molecular formula is C24H32N2O. The Morgan fingerprint density at radius 1 is 1.15 bits per heavy atom. The highest BCUT2D eigenvalue weighted by Gasteiger charge is 2.30. The third kappa shape index (κ3) is 4.25. The van der Waals surface area contributed by atoms with Crippen LogP contribution in [0.2, 0.25) is 0 Å². The number of nitrogens with zero attached hydrogens (tertiary/aromatic N) is 2. The number of fused-ring (bicyclic) bond motifs is 1. The molecule has 2 aliphatic rings. The van der Waals surface area contributed by atoms with Crippen LogP contribution in [0.4, 0.5) is 0 Å². The molecule has 0 saturated carbocycles. The average molecular weight is 365 g/mol. The van der Waals surface area contributed by atoms with Crippen molar-refractivity contribution in [1.29, 1.82) is 0 Å². The van der Waals surface area contributed by atoms with Crippen LogP contribution < -0.4 is 0 Å². The second-order valence-electron chi connectivity index (χ2n) is 9.02. The van der Waals surface area contributed by atoms with Gasteiger partial charge in [-0.25, -0.2) is 0 Å². The predicted molar refractivity (Wildman–Crippen MR) is 111 cm³/mol. The average Bonchev–Trinajstić information content (AvgIpc) is 2.60. The maximum atomic E-state index is 5.89. The lowest BCUT2D eigenvalue weighted by Crippen LogP contribution is -2.41. The molecule has 27 heavy (non-hydrogen) atoms. The molecule has 144 valence electrons. The van der Waals surface area contributed by atoms with Crippen molar-refractivity contribution >= 4 is 0 Å². The van der Waals surface area contributed by atoms with Crippen molar-refractivity contribution in [2.24, 2.45) is 5.92 Å². The van der Waals surface area contributed by atoms with Gasteiger partial charge in [0.15, 0.2) is 0 Å². The molecule has 0 aliphatic carbocycles. The molecule has 1 aromatic heterocycles. The Balaban J connectivity index is 1.46. The van der Waals surface area contributed by atoms with Crippen LogP contribution in [0.1, 0.15) is 49.2 Å². The lowest BCUT2D eigenvalue weighted by Gasteiger charge is -2.39. The van der Waals surface area contributed by atoms with Crippen LogP contribution in [0.3, 0.4) is 0 Å². The van der Waals surface area contributed by atoms with Crippen molar-refractivity contribution < 1.29 is 4.74 Å². The standard InChI is InChI=1S/C24H32N2O/c1-17-5-8-23(18(2)25-17)21-6-7-22-16-26(11-9-20(22)13-21)15-19-10-12-27-24(3,4)14-19/h5-8,13,19H,9-12,14-16H2,1-4H3. The van der Waals surface area contributed by atoms with Crippen LogP contribution >= 0.6 is 0 Å². The smallest absolute Gasteiger partial charge is 0.0629 e. The predicted octanol–water partition coefficient (Wildman–Crippen LogP) is 4.93. The fourth-order valence-corrected chi connectivity index (χ4v) is 4.81. The van der Waals surface area contributed by atoms with Crippen molar-refractivity contribution in [3.05, 3.63) is 52.8 Å². The zero-order chi connectivity index (χ0) is 19.0. The Kier molecular flexibility index (Phi) is 5.09. The van der Waals surface area contributed by atoms with Crippen LogP contribution in [-0.4, -0.2) is 35.2 Å². The van der Waals surface area contributed by atoms with Crippen LogP contribution in [-0.2, 0) is 17.7 Å². The van der Waals surface area contributed by atoms with Gasteiger partial charge in [-0.05, 0) is 75.6 Å². The van der Waals surface area contributed by atoms with Gasteiger partial charge >= 0.3 is 0 Å². The normalized spacial score (nSPS) is 22.4. The number of hydrogen-bond acceptors (Lipinski definition) is 3. The van der Waals surface area contributed by atoms with E-state index in [0.29, 0.717) is 0 Å². The van der Waals surface area contributed by atoms with E-state index in [-0.39, 0.29) is 5.60 Å². The SMILES string of the molecule is Cc1ccc(-c2ccc3c(c2)CCN(CC2CCOC(C)(C)C2)C3)c(C)n1. The van der Waals surface area contributed by atoms with Gasteiger partial charge in [0.1, 0.15) is 0 Å². The number of hydrogen-bond donors (Lipinski definition) is 0. The zero-order valence-electron chi connectivity index (χ0n) is 17.2. The summed E-state index contributed by atoms with van der Waals surface area (Å²) >= 11 is 0. The fourth-order valence-electron chi connectivity index (χ4n) is 4.81. The minimum absolute atomic E-state index is 0.0471. The molecule has 0 radical (unpaired) electrons. The Labute approximate surface area is 163 Å². The first-order chi connectivity index (χ1) is 12.9. The first-order valence-corrected chi connectivity index (χ1v) is 10.3. The number of rotatable bonds is 3. The molecular weight excluding hydrogens is 332 g/mol. The van der Waals surface area contributed by atoms with Crippen LogP contribution in [0.25, 0.3) is 11.1 Å². The topological polar surface area (TPSA) is 25.4 Å². The number of aryl methyl sites for hydroxylation is 2. The lowest BCUT2D eigenvalue weighted by atomic mass is 9.87. The molecule has 3 heterocycles. The Hall–Kier alpha value is -1.71. The first kappa shape index (κ1) is 18.6. The van der Waals surface area contributed by atoms with Crippen LogP contribution in [0.15, 0.2) is 30.3 Å². The largest absolute Gasteiger partial charge is 0.376 e. The molecule has 4 rings (SSSR count). The summed E-state index contributed by atoms with van der Waals surface area (Å²) in [6.45, 7) is 13.0. The molecule has 2 aromatic rings. The van der Waals surface area contributed by atoms with E-state index in [1.54, 1.807) is 0 Å². The molecule has 0 amide bonds. The highest BCUT2D eigenvalue weighted by Crippen LogP contribution is 2.32. The minimum atomic E-state index is 0.0471. The first-order valence-electron chi connectivity index (χ1n) is 10.3. The molecule has 1 saturated heterocycles.